The Balaban J connectivity index is 1.09. The van der Waals surface area contributed by atoms with Crippen LogP contribution in [0.5, 0.6) is 5.75 Å². The molecule has 2 amide bonds. The molecule has 0 atom stereocenters. The summed E-state index contributed by atoms with van der Waals surface area (Å²) in [6, 6.07) is 18.0. The fourth-order valence-corrected chi connectivity index (χ4v) is 4.29. The van der Waals surface area contributed by atoms with Crippen molar-refractivity contribution in [1.82, 2.24) is 30.1 Å². The van der Waals surface area contributed by atoms with Crippen molar-refractivity contribution in [3.05, 3.63) is 70.6 Å². The lowest BCUT2D eigenvalue weighted by molar-refractivity contribution is 0.135. The number of pyridine rings is 1. The maximum absolute atomic E-state index is 12.6. The molecule has 1 aliphatic heterocycles. The third-order valence-electron chi connectivity index (χ3n) is 6.07. The first kappa shape index (κ1) is 22.0. The van der Waals surface area contributed by atoms with Crippen LogP contribution in [0.2, 0.25) is 0 Å². The van der Waals surface area contributed by atoms with Gasteiger partial charge in [0, 0.05) is 44.7 Å². The lowest BCUT2D eigenvalue weighted by atomic mass is 10.2. The quantitative estimate of drug-likeness (QED) is 0.368. The standard InChI is InChI=1S/C25H28N6O3/c32-24-28-21-22(19-9-4-5-10-20(19)27-23(21)29-24)34-16-6-11-26-25(33)31-14-12-30(13-15-31)17-18-7-2-1-3-8-18/h1-5,7-10H,6,11-17H2,(H,26,33)(H2,27,28,29,32). The molecule has 0 saturated carbocycles. The van der Waals surface area contributed by atoms with Crippen LogP contribution >= 0.6 is 0 Å². The third kappa shape index (κ3) is 4.89. The molecule has 0 unspecified atom stereocenters. The summed E-state index contributed by atoms with van der Waals surface area (Å²) in [4.78, 5) is 38.5. The molecule has 0 radical (unpaired) electrons. The number of piperazine rings is 1. The van der Waals surface area contributed by atoms with Gasteiger partial charge in [-0.2, -0.15) is 0 Å². The molecule has 1 fully saturated rings. The van der Waals surface area contributed by atoms with Crippen molar-refractivity contribution in [2.24, 2.45) is 0 Å². The van der Waals surface area contributed by atoms with E-state index < -0.39 is 0 Å². The summed E-state index contributed by atoms with van der Waals surface area (Å²) >= 11 is 0. The zero-order valence-corrected chi connectivity index (χ0v) is 18.9. The average molecular weight is 461 g/mol. The van der Waals surface area contributed by atoms with Crippen molar-refractivity contribution < 1.29 is 9.53 Å². The largest absolute Gasteiger partial charge is 0.490 e. The van der Waals surface area contributed by atoms with Crippen molar-refractivity contribution in [1.29, 1.82) is 0 Å². The highest BCUT2D eigenvalue weighted by Crippen LogP contribution is 2.30. The first-order valence-electron chi connectivity index (χ1n) is 11.6. The van der Waals surface area contributed by atoms with Gasteiger partial charge in [-0.3, -0.25) is 9.88 Å². The van der Waals surface area contributed by atoms with Gasteiger partial charge in [-0.15, -0.1) is 0 Å². The number of aromatic amines is 2. The predicted octanol–water partition coefficient (Wildman–Crippen LogP) is 2.70. The Morgan fingerprint density at radius 1 is 1.00 bits per heavy atom. The van der Waals surface area contributed by atoms with Crippen molar-refractivity contribution in [2.75, 3.05) is 39.3 Å². The molecule has 4 aromatic rings. The third-order valence-corrected chi connectivity index (χ3v) is 6.07. The summed E-state index contributed by atoms with van der Waals surface area (Å²) in [5.74, 6) is 0.597. The molecule has 0 spiro atoms. The van der Waals surface area contributed by atoms with Crippen molar-refractivity contribution in [3.63, 3.8) is 0 Å². The SMILES string of the molecule is O=C(NCCCOc1c2ccccc2nc2[nH]c(=O)[nH]c12)N1CCN(Cc2ccccc2)CC1. The molecule has 2 aromatic carbocycles. The maximum Gasteiger partial charge on any atom is 0.325 e. The number of imidazole rings is 1. The van der Waals surface area contributed by atoms with E-state index in [2.05, 4.69) is 49.4 Å². The number of amides is 2. The number of H-pyrrole nitrogens is 2. The summed E-state index contributed by atoms with van der Waals surface area (Å²) in [6.07, 6.45) is 0.645. The van der Waals surface area contributed by atoms with Crippen LogP contribution in [-0.2, 0) is 6.54 Å². The number of aromatic nitrogens is 3. The number of urea groups is 1. The van der Waals surface area contributed by atoms with E-state index in [1.807, 2.05) is 35.2 Å². The van der Waals surface area contributed by atoms with Crippen LogP contribution < -0.4 is 15.7 Å². The number of carbonyl (C=O) groups is 1. The van der Waals surface area contributed by atoms with E-state index in [9.17, 15) is 9.59 Å². The van der Waals surface area contributed by atoms with Gasteiger partial charge in [0.15, 0.2) is 11.4 Å². The molecular formula is C25H28N6O3. The average Bonchev–Trinajstić information content (AvgIpc) is 3.24. The zero-order valence-electron chi connectivity index (χ0n) is 18.9. The molecule has 9 heteroatoms. The molecule has 2 aromatic heterocycles. The molecule has 9 nitrogen and oxygen atoms in total. The van der Waals surface area contributed by atoms with Crippen LogP contribution in [0.25, 0.3) is 22.1 Å². The number of ether oxygens (including phenoxy) is 1. The van der Waals surface area contributed by atoms with Gasteiger partial charge >= 0.3 is 11.7 Å². The van der Waals surface area contributed by atoms with Crippen LogP contribution in [0.1, 0.15) is 12.0 Å². The summed E-state index contributed by atoms with van der Waals surface area (Å²) < 4.78 is 6.04. The van der Waals surface area contributed by atoms with Crippen LogP contribution in [-0.4, -0.2) is 70.1 Å². The normalized spacial score (nSPS) is 14.5. The fourth-order valence-electron chi connectivity index (χ4n) is 4.29. The topological polar surface area (TPSA) is 106 Å². The summed E-state index contributed by atoms with van der Waals surface area (Å²) in [7, 11) is 0. The van der Waals surface area contributed by atoms with Gasteiger partial charge in [0.2, 0.25) is 0 Å². The molecule has 3 N–H and O–H groups in total. The lowest BCUT2D eigenvalue weighted by Gasteiger charge is -2.34. The first-order valence-corrected chi connectivity index (χ1v) is 11.6. The van der Waals surface area contributed by atoms with Crippen LogP contribution in [0, 0.1) is 0 Å². The highest BCUT2D eigenvalue weighted by atomic mass is 16.5. The fraction of sp³-hybridized carbons (Fsp3) is 0.320. The van der Waals surface area contributed by atoms with Crippen LogP contribution in [0.15, 0.2) is 59.4 Å². The second kappa shape index (κ2) is 9.96. The predicted molar refractivity (Wildman–Crippen MR) is 131 cm³/mol. The minimum Gasteiger partial charge on any atom is -0.490 e. The van der Waals surface area contributed by atoms with Gasteiger partial charge in [-0.25, -0.2) is 14.6 Å². The number of nitrogens with one attached hydrogen (secondary N) is 3. The molecule has 5 rings (SSSR count). The van der Waals surface area contributed by atoms with Gasteiger partial charge in [0.1, 0.15) is 5.52 Å². The highest BCUT2D eigenvalue weighted by molar-refractivity contribution is 5.97. The number of benzene rings is 2. The van der Waals surface area contributed by atoms with E-state index >= 15 is 0 Å². The molecule has 0 bridgehead atoms. The summed E-state index contributed by atoms with van der Waals surface area (Å²) in [5.41, 5.74) is 2.75. The Morgan fingerprint density at radius 2 is 1.76 bits per heavy atom. The van der Waals surface area contributed by atoms with Gasteiger partial charge in [0.25, 0.3) is 0 Å². The smallest absolute Gasteiger partial charge is 0.325 e. The molecule has 176 valence electrons. The van der Waals surface area contributed by atoms with Crippen molar-refractivity contribution in [3.8, 4) is 5.75 Å². The van der Waals surface area contributed by atoms with E-state index in [1.165, 1.54) is 5.56 Å². The number of nitrogens with zero attached hydrogens (tertiary/aromatic N) is 3. The minimum absolute atomic E-state index is 0.0360. The van der Waals surface area contributed by atoms with E-state index in [0.29, 0.717) is 36.5 Å². The Labute approximate surface area is 196 Å². The van der Waals surface area contributed by atoms with E-state index in [0.717, 1.165) is 43.6 Å². The second-order valence-electron chi connectivity index (χ2n) is 8.44. The summed E-state index contributed by atoms with van der Waals surface area (Å²) in [6.45, 7) is 5.00. The van der Waals surface area contributed by atoms with Crippen LogP contribution in [0.4, 0.5) is 4.79 Å². The molecular weight excluding hydrogens is 432 g/mol. The highest BCUT2D eigenvalue weighted by Gasteiger charge is 2.20. The number of para-hydroxylation sites is 1. The Morgan fingerprint density at radius 3 is 2.59 bits per heavy atom. The lowest BCUT2D eigenvalue weighted by Crippen LogP contribution is -2.51. The number of hydrogen-bond donors (Lipinski definition) is 3. The van der Waals surface area contributed by atoms with E-state index in [4.69, 9.17) is 4.74 Å². The van der Waals surface area contributed by atoms with E-state index in [1.54, 1.807) is 0 Å². The zero-order chi connectivity index (χ0) is 23.3. The van der Waals surface area contributed by atoms with Crippen LogP contribution in [0.3, 0.4) is 0 Å². The Kier molecular flexibility index (Phi) is 6.44. The van der Waals surface area contributed by atoms with Crippen molar-refractivity contribution in [2.45, 2.75) is 13.0 Å². The number of carbonyl (C=O) groups excluding carboxylic acids is 1. The Bertz CT molecular complexity index is 1320. The monoisotopic (exact) mass is 460 g/mol. The number of rotatable bonds is 7. The van der Waals surface area contributed by atoms with Gasteiger partial charge in [0.05, 0.1) is 12.1 Å². The number of hydrogen-bond acceptors (Lipinski definition) is 5. The molecule has 1 aliphatic rings. The van der Waals surface area contributed by atoms with E-state index in [-0.39, 0.29) is 11.7 Å². The Hall–Kier alpha value is -3.85. The molecule has 0 aliphatic carbocycles. The molecule has 3 heterocycles. The molecule has 1 saturated heterocycles. The summed E-state index contributed by atoms with van der Waals surface area (Å²) in [5, 5.41) is 3.83. The minimum atomic E-state index is -0.321. The second-order valence-corrected chi connectivity index (χ2v) is 8.44. The van der Waals surface area contributed by atoms with Gasteiger partial charge in [-0.05, 0) is 24.1 Å². The van der Waals surface area contributed by atoms with Gasteiger partial charge < -0.3 is 19.9 Å². The van der Waals surface area contributed by atoms with Crippen molar-refractivity contribution >= 4 is 28.1 Å². The first-order chi connectivity index (χ1) is 16.7. The number of fused-ring (bicyclic) bond motifs is 2. The van der Waals surface area contributed by atoms with Gasteiger partial charge in [-0.1, -0.05) is 42.5 Å². The molecule has 34 heavy (non-hydrogen) atoms. The maximum atomic E-state index is 12.6.